The maximum absolute atomic E-state index is 12.5. The van der Waals surface area contributed by atoms with Gasteiger partial charge in [-0.15, -0.1) is 13.2 Å². The lowest BCUT2D eigenvalue weighted by Crippen LogP contribution is -2.17. The number of H-pyrrole nitrogens is 1. The monoisotopic (exact) mass is 305 g/mol. The van der Waals surface area contributed by atoms with Crippen LogP contribution in [0.4, 0.5) is 13.2 Å². The highest BCUT2D eigenvalue weighted by Crippen LogP contribution is 2.35. The van der Waals surface area contributed by atoms with E-state index in [1.165, 1.54) is 18.2 Å². The first kappa shape index (κ1) is 14.2. The smallest absolute Gasteiger partial charge is 0.405 e. The second kappa shape index (κ2) is 5.22. The van der Waals surface area contributed by atoms with Crippen LogP contribution in [0.2, 0.25) is 0 Å². The van der Waals surface area contributed by atoms with Crippen molar-refractivity contribution < 1.29 is 22.7 Å². The predicted octanol–water partition coefficient (Wildman–Crippen LogP) is 4.55. The fraction of sp³-hybridized carbons (Fsp3) is 0.0625. The van der Waals surface area contributed by atoms with E-state index in [9.17, 15) is 18.0 Å². The number of hydrogen-bond donors (Lipinski definition) is 1. The van der Waals surface area contributed by atoms with Crippen LogP contribution in [-0.4, -0.2) is 17.6 Å². The maximum atomic E-state index is 12.5. The number of carbonyl (C=O) groups is 1. The number of para-hydroxylation sites is 1. The quantitative estimate of drug-likeness (QED) is 0.721. The van der Waals surface area contributed by atoms with Gasteiger partial charge in [-0.3, -0.25) is 4.79 Å². The zero-order valence-electron chi connectivity index (χ0n) is 11.1. The van der Waals surface area contributed by atoms with Gasteiger partial charge < -0.3 is 9.72 Å². The number of alkyl halides is 3. The third kappa shape index (κ3) is 2.67. The lowest BCUT2D eigenvalue weighted by Gasteiger charge is -2.13. The normalized spacial score (nSPS) is 11.6. The molecule has 0 aliphatic carbocycles. The molecule has 3 nitrogen and oxygen atoms in total. The van der Waals surface area contributed by atoms with E-state index < -0.39 is 6.36 Å². The zero-order valence-corrected chi connectivity index (χ0v) is 11.1. The largest absolute Gasteiger partial charge is 0.573 e. The summed E-state index contributed by atoms with van der Waals surface area (Å²) in [5.41, 5.74) is 2.03. The second-order valence-corrected chi connectivity index (χ2v) is 4.67. The minimum atomic E-state index is -4.76. The van der Waals surface area contributed by atoms with Crippen molar-refractivity contribution in [2.45, 2.75) is 6.36 Å². The summed E-state index contributed by atoms with van der Waals surface area (Å²) in [6.07, 6.45) is -2.51. The summed E-state index contributed by atoms with van der Waals surface area (Å²) >= 11 is 0. The van der Waals surface area contributed by atoms with Gasteiger partial charge in [0.05, 0.1) is 0 Å². The number of nitrogens with one attached hydrogen (secondary N) is 1. The van der Waals surface area contributed by atoms with Gasteiger partial charge in [0.15, 0.2) is 6.29 Å². The molecular formula is C16H10F3NO2. The van der Waals surface area contributed by atoms with Crippen LogP contribution in [0.5, 0.6) is 5.75 Å². The molecule has 1 aromatic heterocycles. The molecule has 1 N–H and O–H groups in total. The number of ether oxygens (including phenoxy) is 1. The molecule has 2 aromatic carbocycles. The molecule has 3 rings (SSSR count). The Balaban J connectivity index is 2.13. The predicted molar refractivity (Wildman–Crippen MR) is 75.8 cm³/mol. The first-order valence-electron chi connectivity index (χ1n) is 6.39. The van der Waals surface area contributed by atoms with Crippen LogP contribution in [-0.2, 0) is 0 Å². The highest BCUT2D eigenvalue weighted by molar-refractivity contribution is 5.99. The first-order chi connectivity index (χ1) is 10.5. The van der Waals surface area contributed by atoms with Crippen molar-refractivity contribution in [3.05, 3.63) is 54.2 Å². The van der Waals surface area contributed by atoms with Crippen LogP contribution < -0.4 is 4.74 Å². The fourth-order valence-corrected chi connectivity index (χ4v) is 2.33. The van der Waals surface area contributed by atoms with Crippen LogP contribution in [0.1, 0.15) is 10.4 Å². The summed E-state index contributed by atoms with van der Waals surface area (Å²) in [5.74, 6) is -0.280. The van der Waals surface area contributed by atoms with E-state index in [-0.39, 0.29) is 5.75 Å². The molecule has 0 saturated heterocycles. The first-order valence-corrected chi connectivity index (χ1v) is 6.39. The standard InChI is InChI=1S/C16H10F3NO2/c17-16(18,19)22-15-4-2-1-3-12(15)10-5-6-14-13(7-10)11(9-21)8-20-14/h1-9,20H. The highest BCUT2D eigenvalue weighted by atomic mass is 19.4. The zero-order chi connectivity index (χ0) is 15.7. The Morgan fingerprint density at radius 2 is 1.86 bits per heavy atom. The molecule has 0 amide bonds. The Bertz CT molecular complexity index is 837. The maximum Gasteiger partial charge on any atom is 0.573 e. The third-order valence-corrected chi connectivity index (χ3v) is 3.26. The van der Waals surface area contributed by atoms with Crippen molar-refractivity contribution in [2.75, 3.05) is 0 Å². The number of aldehydes is 1. The van der Waals surface area contributed by atoms with Crippen molar-refractivity contribution >= 4 is 17.2 Å². The lowest BCUT2D eigenvalue weighted by atomic mass is 10.0. The summed E-state index contributed by atoms with van der Waals surface area (Å²) in [6, 6.07) is 10.9. The lowest BCUT2D eigenvalue weighted by molar-refractivity contribution is -0.274. The van der Waals surface area contributed by atoms with Crippen LogP contribution in [0.3, 0.4) is 0 Å². The number of carbonyl (C=O) groups excluding carboxylic acids is 1. The van der Waals surface area contributed by atoms with E-state index in [1.54, 1.807) is 30.5 Å². The summed E-state index contributed by atoms with van der Waals surface area (Å²) < 4.78 is 41.5. The average molecular weight is 305 g/mol. The molecule has 0 aliphatic heterocycles. The van der Waals surface area contributed by atoms with Crippen molar-refractivity contribution in [1.82, 2.24) is 4.98 Å². The third-order valence-electron chi connectivity index (χ3n) is 3.26. The van der Waals surface area contributed by atoms with Gasteiger partial charge in [0.25, 0.3) is 0 Å². The Labute approximate surface area is 123 Å². The Morgan fingerprint density at radius 3 is 2.59 bits per heavy atom. The second-order valence-electron chi connectivity index (χ2n) is 4.67. The van der Waals surface area contributed by atoms with Crippen LogP contribution in [0.15, 0.2) is 48.7 Å². The molecule has 0 radical (unpaired) electrons. The number of aromatic nitrogens is 1. The number of hydrogen-bond acceptors (Lipinski definition) is 2. The number of rotatable bonds is 3. The number of halogens is 3. The van der Waals surface area contributed by atoms with Gasteiger partial charge in [0.2, 0.25) is 0 Å². The van der Waals surface area contributed by atoms with Gasteiger partial charge in [0.1, 0.15) is 5.75 Å². The Hall–Kier alpha value is -2.76. The minimum Gasteiger partial charge on any atom is -0.405 e. The van der Waals surface area contributed by atoms with Gasteiger partial charge in [0, 0.05) is 28.2 Å². The molecule has 112 valence electrons. The minimum absolute atomic E-state index is 0.280. The van der Waals surface area contributed by atoms with Crippen LogP contribution in [0.25, 0.3) is 22.0 Å². The van der Waals surface area contributed by atoms with E-state index in [4.69, 9.17) is 0 Å². The van der Waals surface area contributed by atoms with E-state index in [0.717, 1.165) is 5.52 Å². The number of aromatic amines is 1. The number of benzene rings is 2. The molecule has 0 bridgehead atoms. The Kier molecular flexibility index (Phi) is 3.36. The molecule has 0 aliphatic rings. The van der Waals surface area contributed by atoms with Crippen LogP contribution >= 0.6 is 0 Å². The molecule has 0 spiro atoms. The summed E-state index contributed by atoms with van der Waals surface area (Å²) in [5, 5.41) is 0.648. The van der Waals surface area contributed by atoms with Crippen molar-refractivity contribution in [3.63, 3.8) is 0 Å². The van der Waals surface area contributed by atoms with Crippen LogP contribution in [0, 0.1) is 0 Å². The van der Waals surface area contributed by atoms with E-state index >= 15 is 0 Å². The summed E-state index contributed by atoms with van der Waals surface area (Å²) in [7, 11) is 0. The molecule has 0 saturated carbocycles. The molecule has 3 aromatic rings. The van der Waals surface area contributed by atoms with E-state index in [0.29, 0.717) is 28.4 Å². The molecule has 0 unspecified atom stereocenters. The van der Waals surface area contributed by atoms with Gasteiger partial charge in [-0.25, -0.2) is 0 Å². The van der Waals surface area contributed by atoms with Gasteiger partial charge in [-0.2, -0.15) is 0 Å². The molecule has 0 fully saturated rings. The SMILES string of the molecule is O=Cc1c[nH]c2ccc(-c3ccccc3OC(F)(F)F)cc12. The molecule has 0 atom stereocenters. The molecular weight excluding hydrogens is 295 g/mol. The molecule has 22 heavy (non-hydrogen) atoms. The van der Waals surface area contributed by atoms with Crippen molar-refractivity contribution in [2.24, 2.45) is 0 Å². The van der Waals surface area contributed by atoms with Gasteiger partial charge in [-0.05, 0) is 23.8 Å². The Morgan fingerprint density at radius 1 is 1.09 bits per heavy atom. The van der Waals surface area contributed by atoms with Gasteiger partial charge in [-0.1, -0.05) is 24.3 Å². The number of fused-ring (bicyclic) bond motifs is 1. The fourth-order valence-electron chi connectivity index (χ4n) is 2.33. The van der Waals surface area contributed by atoms with Crippen molar-refractivity contribution in [1.29, 1.82) is 0 Å². The van der Waals surface area contributed by atoms with E-state index in [1.807, 2.05) is 0 Å². The summed E-state index contributed by atoms with van der Waals surface area (Å²) in [6.45, 7) is 0. The van der Waals surface area contributed by atoms with E-state index in [2.05, 4.69) is 9.72 Å². The molecule has 1 heterocycles. The average Bonchev–Trinajstić information content (AvgIpc) is 2.88. The van der Waals surface area contributed by atoms with Crippen molar-refractivity contribution in [3.8, 4) is 16.9 Å². The van der Waals surface area contributed by atoms with Gasteiger partial charge >= 0.3 is 6.36 Å². The topological polar surface area (TPSA) is 42.1 Å². The summed E-state index contributed by atoms with van der Waals surface area (Å²) in [4.78, 5) is 13.9. The highest BCUT2D eigenvalue weighted by Gasteiger charge is 2.32. The molecule has 6 heteroatoms.